The van der Waals surface area contributed by atoms with Crippen LogP contribution >= 0.6 is 0 Å². The number of aliphatic hydroxyl groups excluding tert-OH is 3. The van der Waals surface area contributed by atoms with E-state index in [1.165, 1.54) is 250 Å². The number of aliphatic hydroxyl groups is 3. The van der Waals surface area contributed by atoms with Gasteiger partial charge in [0.05, 0.1) is 18.8 Å². The molecule has 5 heteroatoms. The highest BCUT2D eigenvalue weighted by Gasteiger charge is 2.26. The molecule has 0 aromatic rings. The van der Waals surface area contributed by atoms with Crippen molar-refractivity contribution >= 4 is 5.91 Å². The second-order valence-corrected chi connectivity index (χ2v) is 19.8. The quantitative estimate of drug-likeness (QED) is 0.0362. The molecule has 0 rings (SSSR count). The van der Waals surface area contributed by atoms with Crippen LogP contribution in [0, 0.1) is 0 Å². The summed E-state index contributed by atoms with van der Waals surface area (Å²) in [6.45, 7) is 4.21. The second-order valence-electron chi connectivity index (χ2n) is 19.8. The van der Waals surface area contributed by atoms with Crippen molar-refractivity contribution in [2.45, 2.75) is 334 Å². The Labute approximate surface area is 394 Å². The van der Waals surface area contributed by atoms with Crippen molar-refractivity contribution in [3.8, 4) is 0 Å². The van der Waals surface area contributed by atoms with Crippen LogP contribution in [0.5, 0.6) is 0 Å². The summed E-state index contributed by atoms with van der Waals surface area (Å²) in [7, 11) is 0. The van der Waals surface area contributed by atoms with Gasteiger partial charge >= 0.3 is 0 Å². The molecule has 0 fully saturated rings. The van der Waals surface area contributed by atoms with Gasteiger partial charge in [-0.1, -0.05) is 269 Å². The summed E-state index contributed by atoms with van der Waals surface area (Å²) in [5.74, 6) is -0.150. The largest absolute Gasteiger partial charge is 0.394 e. The molecule has 0 bridgehead atoms. The van der Waals surface area contributed by atoms with E-state index in [1.54, 1.807) is 0 Å². The van der Waals surface area contributed by atoms with Gasteiger partial charge in [-0.05, 0) is 64.2 Å². The Hall–Kier alpha value is -1.17. The Morgan fingerprint density at radius 2 is 0.635 bits per heavy atom. The molecule has 3 unspecified atom stereocenters. The van der Waals surface area contributed by atoms with Crippen LogP contribution in [0.15, 0.2) is 24.3 Å². The van der Waals surface area contributed by atoms with Crippen molar-refractivity contribution in [2.24, 2.45) is 0 Å². The van der Waals surface area contributed by atoms with Gasteiger partial charge in [-0.3, -0.25) is 4.79 Å². The number of nitrogens with one attached hydrogen (secondary N) is 1. The minimum absolute atomic E-state index is 0.150. The van der Waals surface area contributed by atoms with Crippen molar-refractivity contribution in [2.75, 3.05) is 6.61 Å². The molecule has 374 valence electrons. The molecule has 0 aliphatic rings. The number of unbranched alkanes of at least 4 members (excludes halogenated alkanes) is 41. The fourth-order valence-corrected chi connectivity index (χ4v) is 9.10. The van der Waals surface area contributed by atoms with E-state index in [2.05, 4.69) is 43.5 Å². The minimum atomic E-state index is -1.16. The highest BCUT2D eigenvalue weighted by atomic mass is 16.3. The maximum Gasteiger partial charge on any atom is 0.220 e. The molecule has 0 saturated carbocycles. The molecule has 63 heavy (non-hydrogen) atoms. The molecule has 0 aromatic carbocycles. The number of hydrogen-bond acceptors (Lipinski definition) is 4. The van der Waals surface area contributed by atoms with E-state index in [0.29, 0.717) is 12.8 Å². The Kier molecular flexibility index (Phi) is 52.5. The van der Waals surface area contributed by atoms with Crippen molar-refractivity contribution in [3.63, 3.8) is 0 Å². The summed E-state index contributed by atoms with van der Waals surface area (Å²) in [5.41, 5.74) is 0. The van der Waals surface area contributed by atoms with Gasteiger partial charge in [-0.15, -0.1) is 0 Å². The zero-order chi connectivity index (χ0) is 45.8. The number of hydrogen-bond donors (Lipinski definition) is 4. The summed E-state index contributed by atoms with van der Waals surface area (Å²) >= 11 is 0. The minimum Gasteiger partial charge on any atom is -0.394 e. The van der Waals surface area contributed by atoms with E-state index in [0.717, 1.165) is 38.5 Å². The Balaban J connectivity index is 3.55. The molecule has 3 atom stereocenters. The van der Waals surface area contributed by atoms with Crippen molar-refractivity contribution in [3.05, 3.63) is 24.3 Å². The van der Waals surface area contributed by atoms with Gasteiger partial charge in [0.2, 0.25) is 5.91 Å². The molecule has 0 aromatic heterocycles. The van der Waals surface area contributed by atoms with Crippen LogP contribution in [-0.2, 0) is 4.79 Å². The molecular formula is C58H113NO4. The van der Waals surface area contributed by atoms with Gasteiger partial charge in [-0.25, -0.2) is 0 Å². The highest BCUT2D eigenvalue weighted by Crippen LogP contribution is 2.17. The third kappa shape index (κ3) is 48.6. The van der Waals surface area contributed by atoms with E-state index < -0.39 is 18.2 Å². The van der Waals surface area contributed by atoms with Gasteiger partial charge in [0.25, 0.3) is 0 Å². The summed E-state index contributed by atoms with van der Waals surface area (Å²) in [4.78, 5) is 12.5. The second kappa shape index (κ2) is 53.4. The average Bonchev–Trinajstić information content (AvgIpc) is 3.29. The maximum atomic E-state index is 12.5. The lowest BCUT2D eigenvalue weighted by atomic mass is 10.0. The van der Waals surface area contributed by atoms with Gasteiger partial charge in [0.15, 0.2) is 0 Å². The molecular weight excluding hydrogens is 775 g/mol. The zero-order valence-electron chi connectivity index (χ0n) is 42.7. The van der Waals surface area contributed by atoms with Gasteiger partial charge in [-0.2, -0.15) is 0 Å². The lowest BCUT2D eigenvalue weighted by Crippen LogP contribution is -2.50. The first-order valence-corrected chi connectivity index (χ1v) is 28.6. The Bertz CT molecular complexity index is 936. The first kappa shape index (κ1) is 61.8. The standard InChI is InChI=1S/C58H113NO4/c1-3-5-7-9-11-13-15-17-19-21-23-25-27-28-29-30-31-33-35-37-39-41-43-45-47-49-51-53-57(62)59-55(54-60)58(63)56(61)52-50-48-46-44-42-40-38-36-34-32-26-24-22-20-18-16-14-12-10-8-6-4-2/h28-29,44,46,55-56,58,60-61,63H,3-27,30-43,45,47-54H2,1-2H3,(H,59,62)/b29-28-,46-44+. The number of carbonyl (C=O) groups excluding carboxylic acids is 1. The molecule has 4 N–H and O–H groups in total. The first-order valence-electron chi connectivity index (χ1n) is 28.6. The zero-order valence-corrected chi connectivity index (χ0v) is 42.7. The molecule has 0 spiro atoms. The topological polar surface area (TPSA) is 89.8 Å². The van der Waals surface area contributed by atoms with Crippen LogP contribution in [-0.4, -0.2) is 46.1 Å². The van der Waals surface area contributed by atoms with Crippen LogP contribution in [0.4, 0.5) is 0 Å². The van der Waals surface area contributed by atoms with Crippen LogP contribution in [0.3, 0.4) is 0 Å². The van der Waals surface area contributed by atoms with Crippen molar-refractivity contribution in [1.29, 1.82) is 0 Å². The van der Waals surface area contributed by atoms with E-state index in [4.69, 9.17) is 0 Å². The van der Waals surface area contributed by atoms with E-state index >= 15 is 0 Å². The lowest BCUT2D eigenvalue weighted by molar-refractivity contribution is -0.124. The molecule has 5 nitrogen and oxygen atoms in total. The SMILES string of the molecule is CCCCCCCCCCCCCC/C=C\CCCCCCCCCCCCCC(=O)NC(CO)C(O)C(O)CCC/C=C/CCCCCCCCCCCCCCCCCCC. The normalized spacial score (nSPS) is 13.4. The van der Waals surface area contributed by atoms with Gasteiger partial charge in [0.1, 0.15) is 6.10 Å². The summed E-state index contributed by atoms with van der Waals surface area (Å²) in [6, 6.07) is -0.826. The molecule has 0 heterocycles. The van der Waals surface area contributed by atoms with Crippen LogP contribution in [0.2, 0.25) is 0 Å². The number of allylic oxidation sites excluding steroid dienone is 4. The third-order valence-corrected chi connectivity index (χ3v) is 13.5. The summed E-state index contributed by atoms with van der Waals surface area (Å²) in [6.07, 6.45) is 67.7. The van der Waals surface area contributed by atoms with E-state index in [-0.39, 0.29) is 12.5 Å². The number of rotatable bonds is 53. The molecule has 0 aliphatic heterocycles. The van der Waals surface area contributed by atoms with Crippen molar-refractivity contribution < 1.29 is 20.1 Å². The van der Waals surface area contributed by atoms with Crippen LogP contribution in [0.25, 0.3) is 0 Å². The van der Waals surface area contributed by atoms with E-state index in [9.17, 15) is 20.1 Å². The summed E-state index contributed by atoms with van der Waals surface area (Å²) in [5, 5.41) is 33.8. The number of amides is 1. The Morgan fingerprint density at radius 3 is 0.921 bits per heavy atom. The third-order valence-electron chi connectivity index (χ3n) is 13.5. The fraction of sp³-hybridized carbons (Fsp3) is 0.914. The summed E-state index contributed by atoms with van der Waals surface area (Å²) < 4.78 is 0. The van der Waals surface area contributed by atoms with Crippen LogP contribution < -0.4 is 5.32 Å². The maximum absolute atomic E-state index is 12.5. The van der Waals surface area contributed by atoms with E-state index in [1.807, 2.05) is 0 Å². The highest BCUT2D eigenvalue weighted by molar-refractivity contribution is 5.76. The predicted octanol–water partition coefficient (Wildman–Crippen LogP) is 17.7. The van der Waals surface area contributed by atoms with Gasteiger partial charge < -0.3 is 20.6 Å². The smallest absolute Gasteiger partial charge is 0.220 e. The van der Waals surface area contributed by atoms with Gasteiger partial charge in [0, 0.05) is 6.42 Å². The monoisotopic (exact) mass is 888 g/mol. The van der Waals surface area contributed by atoms with Crippen molar-refractivity contribution in [1.82, 2.24) is 5.32 Å². The lowest BCUT2D eigenvalue weighted by Gasteiger charge is -2.26. The molecule has 0 radical (unpaired) electrons. The molecule has 0 saturated heterocycles. The molecule has 0 aliphatic carbocycles. The first-order chi connectivity index (χ1) is 31.1. The fourth-order valence-electron chi connectivity index (χ4n) is 9.10. The predicted molar refractivity (Wildman–Crippen MR) is 278 cm³/mol. The Morgan fingerprint density at radius 1 is 0.381 bits per heavy atom. The van der Waals surface area contributed by atoms with Crippen LogP contribution in [0.1, 0.15) is 316 Å². The number of carbonyl (C=O) groups is 1. The average molecular weight is 889 g/mol. The molecule has 1 amide bonds.